The van der Waals surface area contributed by atoms with Crippen LogP contribution in [-0.2, 0) is 4.79 Å². The van der Waals surface area contributed by atoms with Crippen LogP contribution in [0.1, 0.15) is 40.0 Å². The van der Waals surface area contributed by atoms with Crippen LogP contribution in [0.25, 0.3) is 0 Å². The van der Waals surface area contributed by atoms with Crippen molar-refractivity contribution in [2.24, 2.45) is 11.8 Å². The van der Waals surface area contributed by atoms with Crippen molar-refractivity contribution in [1.82, 2.24) is 4.90 Å². The van der Waals surface area contributed by atoms with Gasteiger partial charge in [0.15, 0.2) is 11.5 Å². The molecule has 1 aliphatic carbocycles. The predicted octanol–water partition coefficient (Wildman–Crippen LogP) is 4.04. The summed E-state index contributed by atoms with van der Waals surface area (Å²) in [6, 6.07) is 8.11. The van der Waals surface area contributed by atoms with E-state index in [-0.39, 0.29) is 0 Å². The molecule has 0 radical (unpaired) electrons. The van der Waals surface area contributed by atoms with Crippen LogP contribution in [0, 0.1) is 11.8 Å². The lowest BCUT2D eigenvalue weighted by molar-refractivity contribution is -0.126. The fourth-order valence-electron chi connectivity index (χ4n) is 3.47. The average molecular weight is 335 g/mol. The van der Waals surface area contributed by atoms with Crippen LogP contribution < -0.4 is 9.47 Å². The lowest BCUT2D eigenvalue weighted by Gasteiger charge is -2.31. The highest BCUT2D eigenvalue weighted by Crippen LogP contribution is 2.36. The first kappa shape index (κ1) is 20.5. The Morgan fingerprint density at radius 3 is 2.12 bits per heavy atom. The quantitative estimate of drug-likeness (QED) is 0.818. The topological polar surface area (TPSA) is 38.8 Å². The van der Waals surface area contributed by atoms with Crippen LogP contribution in [0.3, 0.4) is 0 Å². The molecule has 1 aromatic carbocycles. The Morgan fingerprint density at radius 2 is 1.62 bits per heavy atom. The van der Waals surface area contributed by atoms with E-state index in [0.29, 0.717) is 17.7 Å². The molecule has 0 amide bonds. The number of para-hydroxylation sites is 2. The van der Waals surface area contributed by atoms with E-state index in [4.69, 9.17) is 9.47 Å². The number of hydrogen-bond donors (Lipinski definition) is 0. The molecule has 0 bridgehead atoms. The molecule has 0 N–H and O–H groups in total. The standard InChI is InChI=1S/C10H17NO.C8H10O2.C2H6/c1-7-5-8-3-4-11(2)9(8)6-10(7)12;1-9-7-5-3-4-6-8(7)10-2;1-2/h7-9H,3-6H2,1-2H3;3-6H,1-2H3;1-2H3. The fourth-order valence-corrected chi connectivity index (χ4v) is 3.47. The Morgan fingerprint density at radius 1 is 1.08 bits per heavy atom. The molecule has 1 heterocycles. The van der Waals surface area contributed by atoms with Crippen molar-refractivity contribution in [1.29, 1.82) is 0 Å². The SMILES string of the molecule is CC.CC1CC2CCN(C)C2CC1=O.COc1ccccc1OC. The molecule has 24 heavy (non-hydrogen) atoms. The van der Waals surface area contributed by atoms with Crippen LogP contribution in [0.4, 0.5) is 0 Å². The van der Waals surface area contributed by atoms with Gasteiger partial charge in [-0.05, 0) is 44.5 Å². The van der Waals surface area contributed by atoms with Gasteiger partial charge in [-0.3, -0.25) is 4.79 Å². The summed E-state index contributed by atoms with van der Waals surface area (Å²) in [7, 11) is 5.39. The second-order valence-electron chi connectivity index (χ2n) is 6.26. The summed E-state index contributed by atoms with van der Waals surface area (Å²) >= 11 is 0. The normalized spacial score (nSPS) is 25.6. The van der Waals surface area contributed by atoms with Gasteiger partial charge in [0.2, 0.25) is 0 Å². The minimum atomic E-state index is 0.331. The number of hydrogen-bond acceptors (Lipinski definition) is 4. The molecule has 0 aromatic heterocycles. The molecule has 3 unspecified atom stereocenters. The van der Waals surface area contributed by atoms with Crippen molar-refractivity contribution >= 4 is 5.78 Å². The van der Waals surface area contributed by atoms with Gasteiger partial charge in [-0.1, -0.05) is 32.9 Å². The zero-order valence-electron chi connectivity index (χ0n) is 16.0. The highest BCUT2D eigenvalue weighted by atomic mass is 16.5. The van der Waals surface area contributed by atoms with Crippen LogP contribution in [0.5, 0.6) is 11.5 Å². The third-order valence-electron chi connectivity index (χ3n) is 4.87. The number of benzene rings is 1. The van der Waals surface area contributed by atoms with E-state index < -0.39 is 0 Å². The second-order valence-corrected chi connectivity index (χ2v) is 6.26. The number of likely N-dealkylation sites (tertiary alicyclic amines) is 1. The van der Waals surface area contributed by atoms with Crippen molar-refractivity contribution < 1.29 is 14.3 Å². The van der Waals surface area contributed by atoms with E-state index in [9.17, 15) is 4.79 Å². The van der Waals surface area contributed by atoms with Gasteiger partial charge in [0.25, 0.3) is 0 Å². The van der Waals surface area contributed by atoms with Crippen molar-refractivity contribution in [3.63, 3.8) is 0 Å². The fraction of sp³-hybridized carbons (Fsp3) is 0.650. The van der Waals surface area contributed by atoms with E-state index in [1.165, 1.54) is 13.0 Å². The molecule has 1 aromatic rings. The number of carbonyl (C=O) groups excluding carboxylic acids is 1. The highest BCUT2D eigenvalue weighted by molar-refractivity contribution is 5.82. The van der Waals surface area contributed by atoms with E-state index in [1.54, 1.807) is 14.2 Å². The highest BCUT2D eigenvalue weighted by Gasteiger charge is 2.39. The molecular formula is C20H33NO3. The van der Waals surface area contributed by atoms with Crippen molar-refractivity contribution in [2.75, 3.05) is 27.8 Å². The first-order chi connectivity index (χ1) is 11.6. The zero-order valence-corrected chi connectivity index (χ0v) is 16.0. The van der Waals surface area contributed by atoms with Crippen molar-refractivity contribution in [3.8, 4) is 11.5 Å². The first-order valence-electron chi connectivity index (χ1n) is 8.96. The summed E-state index contributed by atoms with van der Waals surface area (Å²) in [5.41, 5.74) is 0. The molecule has 136 valence electrons. The number of nitrogens with zero attached hydrogens (tertiary/aromatic N) is 1. The second kappa shape index (κ2) is 10.3. The number of ether oxygens (including phenoxy) is 2. The van der Waals surface area contributed by atoms with E-state index in [2.05, 4.69) is 18.9 Å². The van der Waals surface area contributed by atoms with Crippen molar-refractivity contribution in [3.05, 3.63) is 24.3 Å². The molecule has 3 atom stereocenters. The Balaban J connectivity index is 0.000000221. The molecular weight excluding hydrogens is 302 g/mol. The molecule has 1 saturated carbocycles. The van der Waals surface area contributed by atoms with Gasteiger partial charge in [0, 0.05) is 18.4 Å². The number of fused-ring (bicyclic) bond motifs is 1. The predicted molar refractivity (Wildman–Crippen MR) is 98.8 cm³/mol. The molecule has 1 saturated heterocycles. The number of rotatable bonds is 2. The summed E-state index contributed by atoms with van der Waals surface area (Å²) in [5, 5.41) is 0. The smallest absolute Gasteiger partial charge is 0.160 e. The summed E-state index contributed by atoms with van der Waals surface area (Å²) < 4.78 is 10.0. The Bertz CT molecular complexity index is 480. The summed E-state index contributed by atoms with van der Waals surface area (Å²) in [6.45, 7) is 7.27. The van der Waals surface area contributed by atoms with Gasteiger partial charge in [-0.25, -0.2) is 0 Å². The molecule has 4 nitrogen and oxygen atoms in total. The molecule has 2 aliphatic rings. The van der Waals surface area contributed by atoms with Crippen LogP contribution in [-0.4, -0.2) is 44.5 Å². The Hall–Kier alpha value is -1.55. The summed E-state index contributed by atoms with van der Waals surface area (Å²) in [5.74, 6) is 3.15. The maximum absolute atomic E-state index is 11.5. The molecule has 1 aliphatic heterocycles. The van der Waals surface area contributed by atoms with E-state index in [1.807, 2.05) is 38.1 Å². The average Bonchev–Trinajstić information content (AvgIpc) is 2.97. The molecule has 0 spiro atoms. The third-order valence-corrected chi connectivity index (χ3v) is 4.87. The maximum atomic E-state index is 11.5. The van der Waals surface area contributed by atoms with Crippen molar-refractivity contribution in [2.45, 2.75) is 46.1 Å². The van der Waals surface area contributed by atoms with E-state index in [0.717, 1.165) is 30.3 Å². The largest absolute Gasteiger partial charge is 0.493 e. The van der Waals surface area contributed by atoms with E-state index >= 15 is 0 Å². The Kier molecular flexibility index (Phi) is 8.83. The molecule has 2 fully saturated rings. The van der Waals surface area contributed by atoms with Gasteiger partial charge >= 0.3 is 0 Å². The lowest BCUT2D eigenvalue weighted by atomic mass is 9.78. The Labute approximate surface area is 147 Å². The zero-order chi connectivity index (χ0) is 18.1. The molecule has 3 rings (SSSR count). The summed E-state index contributed by atoms with van der Waals surface area (Å²) in [4.78, 5) is 13.8. The van der Waals surface area contributed by atoms with Gasteiger partial charge < -0.3 is 14.4 Å². The lowest BCUT2D eigenvalue weighted by Crippen LogP contribution is -2.38. The first-order valence-corrected chi connectivity index (χ1v) is 8.96. The van der Waals surface area contributed by atoms with Crippen LogP contribution in [0.2, 0.25) is 0 Å². The summed E-state index contributed by atoms with van der Waals surface area (Å²) in [6.07, 6.45) is 3.24. The number of ketones is 1. The number of methoxy groups -OCH3 is 2. The van der Waals surface area contributed by atoms with Crippen LogP contribution in [0.15, 0.2) is 24.3 Å². The van der Waals surface area contributed by atoms with Gasteiger partial charge in [-0.15, -0.1) is 0 Å². The minimum Gasteiger partial charge on any atom is -0.493 e. The monoisotopic (exact) mass is 335 g/mol. The van der Waals surface area contributed by atoms with Gasteiger partial charge in [-0.2, -0.15) is 0 Å². The maximum Gasteiger partial charge on any atom is 0.160 e. The minimum absolute atomic E-state index is 0.331. The van der Waals surface area contributed by atoms with Crippen LogP contribution >= 0.6 is 0 Å². The third kappa shape index (κ3) is 5.23. The van der Waals surface area contributed by atoms with Gasteiger partial charge in [0.1, 0.15) is 5.78 Å². The van der Waals surface area contributed by atoms with Gasteiger partial charge in [0.05, 0.1) is 14.2 Å². The molecule has 4 heteroatoms. The number of Topliss-reactive ketones (excluding diaryl/α,β-unsaturated/α-hetero) is 1. The number of carbonyl (C=O) groups is 1.